The predicted octanol–water partition coefficient (Wildman–Crippen LogP) is 3.10. The number of carbonyl (C=O) groups is 1. The maximum atomic E-state index is 12.5. The zero-order valence-corrected chi connectivity index (χ0v) is 11.9. The molecule has 0 aromatic rings. The van der Waals surface area contributed by atoms with Crippen LogP contribution in [0.4, 0.5) is 0 Å². The van der Waals surface area contributed by atoms with E-state index in [0.717, 1.165) is 0 Å². The fourth-order valence-corrected chi connectivity index (χ4v) is 3.15. The Morgan fingerprint density at radius 2 is 1.59 bits per heavy atom. The van der Waals surface area contributed by atoms with Crippen LogP contribution in [0.2, 0.25) is 0 Å². The van der Waals surface area contributed by atoms with Crippen molar-refractivity contribution in [2.24, 2.45) is 0 Å². The summed E-state index contributed by atoms with van der Waals surface area (Å²) in [6.07, 6.45) is 0.641. The van der Waals surface area contributed by atoms with Crippen LogP contribution >= 0.6 is 7.60 Å². The lowest BCUT2D eigenvalue weighted by molar-refractivity contribution is -0.142. The molecule has 1 atom stereocenters. The van der Waals surface area contributed by atoms with E-state index in [1.807, 2.05) is 0 Å². The first-order valence-electron chi connectivity index (χ1n) is 5.47. The Balaban J connectivity index is 5.04. The number of esters is 1. The van der Waals surface area contributed by atoms with Crippen LogP contribution in [0, 0.1) is 0 Å². The molecule has 5 nitrogen and oxygen atoms in total. The van der Waals surface area contributed by atoms with Crippen molar-refractivity contribution in [2.75, 3.05) is 0 Å². The third-order valence-corrected chi connectivity index (χ3v) is 3.89. The monoisotopic (exact) mass is 264 g/mol. The highest BCUT2D eigenvalue weighted by molar-refractivity contribution is 7.54. The molecule has 100 valence electrons. The standard InChI is InChI=1S/C11H21O5P/c1-7-11(14-10(6)12)17(13,15-8(2)3)16-9(4)5/h7-9,11H,1H2,2-6H3/t11-/m0/s1. The summed E-state index contributed by atoms with van der Waals surface area (Å²) in [5.41, 5.74) is 0. The number of carbonyl (C=O) groups excluding carboxylic acids is 1. The zero-order chi connectivity index (χ0) is 13.6. The van der Waals surface area contributed by atoms with Crippen molar-refractivity contribution < 1.29 is 23.1 Å². The van der Waals surface area contributed by atoms with E-state index in [0.29, 0.717) is 0 Å². The van der Waals surface area contributed by atoms with Gasteiger partial charge in [-0.1, -0.05) is 6.58 Å². The summed E-state index contributed by atoms with van der Waals surface area (Å²) >= 11 is 0. The second-order valence-corrected chi connectivity index (χ2v) is 6.09. The molecule has 0 aromatic heterocycles. The van der Waals surface area contributed by atoms with Gasteiger partial charge in [0, 0.05) is 6.92 Å². The van der Waals surface area contributed by atoms with Gasteiger partial charge in [0.15, 0.2) is 0 Å². The molecule has 6 heteroatoms. The summed E-state index contributed by atoms with van der Waals surface area (Å²) in [4.78, 5) is 10.9. The largest absolute Gasteiger partial charge is 0.445 e. The van der Waals surface area contributed by atoms with Gasteiger partial charge in [0.1, 0.15) is 0 Å². The van der Waals surface area contributed by atoms with Crippen LogP contribution in [0.25, 0.3) is 0 Å². The maximum Gasteiger partial charge on any atom is 0.375 e. The zero-order valence-electron chi connectivity index (χ0n) is 11.0. The van der Waals surface area contributed by atoms with Crippen LogP contribution in [0.3, 0.4) is 0 Å². The Labute approximate surface area is 103 Å². The van der Waals surface area contributed by atoms with E-state index in [1.165, 1.54) is 13.0 Å². The van der Waals surface area contributed by atoms with E-state index in [1.54, 1.807) is 27.7 Å². The van der Waals surface area contributed by atoms with Crippen molar-refractivity contribution in [1.82, 2.24) is 0 Å². The molecule has 0 saturated carbocycles. The molecule has 0 aliphatic heterocycles. The molecule has 0 unspecified atom stereocenters. The van der Waals surface area contributed by atoms with Crippen LogP contribution in [-0.4, -0.2) is 24.0 Å². The lowest BCUT2D eigenvalue weighted by atomic mass is 10.5. The highest BCUT2D eigenvalue weighted by Crippen LogP contribution is 2.55. The van der Waals surface area contributed by atoms with Gasteiger partial charge in [0.05, 0.1) is 12.2 Å². The van der Waals surface area contributed by atoms with Crippen molar-refractivity contribution in [3.05, 3.63) is 12.7 Å². The van der Waals surface area contributed by atoms with Gasteiger partial charge in [-0.05, 0) is 33.8 Å². The number of hydrogen-bond donors (Lipinski definition) is 0. The molecule has 0 rings (SSSR count). The second-order valence-electron chi connectivity index (χ2n) is 4.08. The van der Waals surface area contributed by atoms with Gasteiger partial charge in [-0.2, -0.15) is 0 Å². The summed E-state index contributed by atoms with van der Waals surface area (Å²) in [5.74, 6) is -1.64. The molecule has 0 aliphatic rings. The lowest BCUT2D eigenvalue weighted by Crippen LogP contribution is -2.21. The van der Waals surface area contributed by atoms with E-state index in [-0.39, 0.29) is 12.2 Å². The first-order valence-corrected chi connectivity index (χ1v) is 7.08. The van der Waals surface area contributed by atoms with Crippen molar-refractivity contribution in [2.45, 2.75) is 52.7 Å². The van der Waals surface area contributed by atoms with Crippen LogP contribution < -0.4 is 0 Å². The predicted molar refractivity (Wildman–Crippen MR) is 65.8 cm³/mol. The average Bonchev–Trinajstić information content (AvgIpc) is 2.10. The van der Waals surface area contributed by atoms with Crippen LogP contribution in [0.15, 0.2) is 12.7 Å². The van der Waals surface area contributed by atoms with E-state index in [2.05, 4.69) is 6.58 Å². The van der Waals surface area contributed by atoms with Crippen molar-refractivity contribution in [1.29, 1.82) is 0 Å². The molecule has 17 heavy (non-hydrogen) atoms. The van der Waals surface area contributed by atoms with E-state index in [4.69, 9.17) is 13.8 Å². The highest BCUT2D eigenvalue weighted by Gasteiger charge is 2.38. The summed E-state index contributed by atoms with van der Waals surface area (Å²) in [6, 6.07) is 0. The van der Waals surface area contributed by atoms with Gasteiger partial charge in [-0.3, -0.25) is 9.36 Å². The van der Waals surface area contributed by atoms with Crippen LogP contribution in [0.5, 0.6) is 0 Å². The fraction of sp³-hybridized carbons (Fsp3) is 0.727. The normalized spacial score (nSPS) is 13.8. The number of rotatable bonds is 7. The van der Waals surface area contributed by atoms with Crippen molar-refractivity contribution in [3.8, 4) is 0 Å². The molecule has 0 radical (unpaired) electrons. The summed E-state index contributed by atoms with van der Waals surface area (Å²) in [6.45, 7) is 11.6. The molecule has 0 N–H and O–H groups in total. The quantitative estimate of drug-likeness (QED) is 0.401. The van der Waals surface area contributed by atoms with E-state index in [9.17, 15) is 9.36 Å². The van der Waals surface area contributed by atoms with E-state index >= 15 is 0 Å². The molecule has 0 saturated heterocycles. The molecule has 0 bridgehead atoms. The molecular formula is C11H21O5P. The second kappa shape index (κ2) is 6.94. The molecule has 0 amide bonds. The summed E-state index contributed by atoms with van der Waals surface area (Å²) < 4.78 is 28.0. The van der Waals surface area contributed by atoms with Gasteiger partial charge in [0.25, 0.3) is 0 Å². The molecule has 0 fully saturated rings. The van der Waals surface area contributed by atoms with Gasteiger partial charge < -0.3 is 13.8 Å². The van der Waals surface area contributed by atoms with E-state index < -0.39 is 19.4 Å². The SMILES string of the molecule is C=C[C@@H](OC(C)=O)P(=O)(OC(C)C)OC(C)C. The fourth-order valence-electron chi connectivity index (χ4n) is 1.14. The third-order valence-electron chi connectivity index (χ3n) is 1.52. The Kier molecular flexibility index (Phi) is 6.68. The Morgan fingerprint density at radius 1 is 1.18 bits per heavy atom. The molecule has 0 aromatic carbocycles. The van der Waals surface area contributed by atoms with Crippen LogP contribution in [0.1, 0.15) is 34.6 Å². The molecule has 0 spiro atoms. The lowest BCUT2D eigenvalue weighted by Gasteiger charge is -2.27. The number of hydrogen-bond acceptors (Lipinski definition) is 5. The minimum atomic E-state index is -3.56. The maximum absolute atomic E-state index is 12.5. The van der Waals surface area contributed by atoms with Crippen LogP contribution in [-0.2, 0) is 23.1 Å². The number of ether oxygens (including phenoxy) is 1. The van der Waals surface area contributed by atoms with Gasteiger partial charge >= 0.3 is 13.6 Å². The Morgan fingerprint density at radius 3 is 1.82 bits per heavy atom. The molecule has 0 aliphatic carbocycles. The van der Waals surface area contributed by atoms with Gasteiger partial charge in [-0.25, -0.2) is 0 Å². The first-order chi connectivity index (χ1) is 7.71. The third kappa shape index (κ3) is 6.01. The smallest absolute Gasteiger partial charge is 0.375 e. The highest BCUT2D eigenvalue weighted by atomic mass is 31.2. The van der Waals surface area contributed by atoms with Crippen molar-refractivity contribution >= 4 is 13.6 Å². The van der Waals surface area contributed by atoms with Crippen molar-refractivity contribution in [3.63, 3.8) is 0 Å². The summed E-state index contributed by atoms with van der Waals surface area (Å²) in [5, 5.41) is 0. The Bertz CT molecular complexity index is 297. The molecular weight excluding hydrogens is 243 g/mol. The first kappa shape index (κ1) is 16.4. The average molecular weight is 264 g/mol. The summed E-state index contributed by atoms with van der Waals surface area (Å²) in [7, 11) is -3.56. The Hall–Kier alpha value is -0.640. The minimum absolute atomic E-state index is 0.308. The van der Waals surface area contributed by atoms with Gasteiger partial charge in [0.2, 0.25) is 5.85 Å². The van der Waals surface area contributed by atoms with Gasteiger partial charge in [-0.15, -0.1) is 0 Å². The minimum Gasteiger partial charge on any atom is -0.445 e. The molecule has 0 heterocycles. The topological polar surface area (TPSA) is 61.8 Å².